The molecule has 0 fully saturated rings. The highest BCUT2D eigenvalue weighted by Crippen LogP contribution is 2.33. The van der Waals surface area contributed by atoms with Crippen LogP contribution in [0.3, 0.4) is 0 Å². The first-order valence-electron chi connectivity index (χ1n) is 10.9. The summed E-state index contributed by atoms with van der Waals surface area (Å²) in [5.74, 6) is -1.03. The molecule has 0 radical (unpaired) electrons. The normalized spacial score (nSPS) is 18.9. The van der Waals surface area contributed by atoms with Gasteiger partial charge < -0.3 is 4.90 Å². The maximum absolute atomic E-state index is 13.6. The van der Waals surface area contributed by atoms with E-state index in [1.165, 1.54) is 29.2 Å². The smallest absolute Gasteiger partial charge is 0.314 e. The predicted octanol–water partition coefficient (Wildman–Crippen LogP) is 4.16. The van der Waals surface area contributed by atoms with Gasteiger partial charge in [-0.15, -0.1) is 0 Å². The van der Waals surface area contributed by atoms with Gasteiger partial charge in [0.15, 0.2) is 0 Å². The second kappa shape index (κ2) is 8.50. The Bertz CT molecular complexity index is 1170. The Morgan fingerprint density at radius 2 is 1.62 bits per heavy atom. The SMILES string of the molecule is O=C1C2=C(CCN(Cc3cc(F)cc(F)c3)C2)N2CCN=C2N1Cc1ccc(C(F)(F)F)cc1. The summed E-state index contributed by atoms with van der Waals surface area (Å²) in [4.78, 5) is 23.4. The van der Waals surface area contributed by atoms with E-state index in [1.807, 2.05) is 9.80 Å². The molecule has 178 valence electrons. The molecule has 2 aromatic carbocycles. The van der Waals surface area contributed by atoms with E-state index in [1.54, 1.807) is 0 Å². The number of amides is 1. The van der Waals surface area contributed by atoms with Gasteiger partial charge in [-0.3, -0.25) is 19.6 Å². The second-order valence-electron chi connectivity index (χ2n) is 8.58. The third-order valence-electron chi connectivity index (χ3n) is 6.23. The number of benzene rings is 2. The van der Waals surface area contributed by atoms with Crippen molar-refractivity contribution in [2.45, 2.75) is 25.7 Å². The van der Waals surface area contributed by atoms with Gasteiger partial charge in [0.1, 0.15) is 11.6 Å². The van der Waals surface area contributed by atoms with Gasteiger partial charge in [-0.1, -0.05) is 12.1 Å². The number of hydrogen-bond donors (Lipinski definition) is 0. The van der Waals surface area contributed by atoms with Crippen molar-refractivity contribution in [3.63, 3.8) is 0 Å². The molecule has 0 saturated heterocycles. The minimum atomic E-state index is -4.43. The van der Waals surface area contributed by atoms with Gasteiger partial charge >= 0.3 is 6.18 Å². The lowest BCUT2D eigenvalue weighted by Crippen LogP contribution is -2.53. The number of hydrogen-bond acceptors (Lipinski definition) is 4. The molecule has 3 heterocycles. The van der Waals surface area contributed by atoms with Gasteiger partial charge in [-0.25, -0.2) is 8.78 Å². The van der Waals surface area contributed by atoms with E-state index in [-0.39, 0.29) is 12.5 Å². The fourth-order valence-electron chi connectivity index (χ4n) is 4.69. The molecule has 3 aliphatic heterocycles. The number of carbonyl (C=O) groups is 1. The van der Waals surface area contributed by atoms with E-state index in [9.17, 15) is 26.7 Å². The van der Waals surface area contributed by atoms with Crippen LogP contribution in [0.15, 0.2) is 58.7 Å². The molecule has 0 spiro atoms. The molecule has 0 saturated carbocycles. The lowest BCUT2D eigenvalue weighted by atomic mass is 10.00. The molecule has 2 aromatic rings. The number of aliphatic imine (C=N–C) groups is 1. The molecule has 0 bridgehead atoms. The Kier molecular flexibility index (Phi) is 5.63. The minimum Gasteiger partial charge on any atom is -0.314 e. The number of fused-ring (bicyclic) bond motifs is 2. The van der Waals surface area contributed by atoms with Crippen LogP contribution < -0.4 is 0 Å². The zero-order valence-electron chi connectivity index (χ0n) is 18.1. The standard InChI is InChI=1S/C24H21F5N4O/c25-18-9-16(10-19(26)11-18)12-31-7-5-21-20(14-31)22(34)33(23-30-6-8-32(21)23)13-15-1-3-17(4-2-15)24(27,28)29/h1-4,9-11H,5-8,12-14H2. The Morgan fingerprint density at radius 3 is 2.29 bits per heavy atom. The van der Waals surface area contributed by atoms with Crippen LogP contribution in [0.25, 0.3) is 0 Å². The first-order chi connectivity index (χ1) is 16.2. The molecule has 1 amide bonds. The quantitative estimate of drug-likeness (QED) is 0.623. The molecule has 5 nitrogen and oxygen atoms in total. The average Bonchev–Trinajstić information content (AvgIpc) is 3.25. The number of halogens is 5. The number of guanidine groups is 1. The van der Waals surface area contributed by atoms with Crippen LogP contribution in [0, 0.1) is 11.6 Å². The molecule has 0 N–H and O–H groups in total. The van der Waals surface area contributed by atoms with Crippen LogP contribution in [0.2, 0.25) is 0 Å². The van der Waals surface area contributed by atoms with Crippen LogP contribution in [-0.2, 0) is 24.1 Å². The molecular formula is C24H21F5N4O. The van der Waals surface area contributed by atoms with Crippen LogP contribution in [0.1, 0.15) is 23.1 Å². The van der Waals surface area contributed by atoms with Gasteiger partial charge in [0.05, 0.1) is 24.2 Å². The summed E-state index contributed by atoms with van der Waals surface area (Å²) in [7, 11) is 0. The summed E-state index contributed by atoms with van der Waals surface area (Å²) in [6.45, 7) is 2.46. The van der Waals surface area contributed by atoms with Gasteiger partial charge in [0.25, 0.3) is 5.91 Å². The molecule has 34 heavy (non-hydrogen) atoms. The van der Waals surface area contributed by atoms with Crippen LogP contribution in [0.5, 0.6) is 0 Å². The summed E-state index contributed by atoms with van der Waals surface area (Å²) in [5.41, 5.74) is 1.77. The lowest BCUT2D eigenvalue weighted by molar-refractivity contribution is -0.137. The van der Waals surface area contributed by atoms with Crippen molar-refractivity contribution in [1.29, 1.82) is 0 Å². The summed E-state index contributed by atoms with van der Waals surface area (Å²) in [6, 6.07) is 8.11. The first kappa shape index (κ1) is 22.5. The predicted molar refractivity (Wildman–Crippen MR) is 114 cm³/mol. The molecule has 5 rings (SSSR count). The highest BCUT2D eigenvalue weighted by molar-refractivity contribution is 6.09. The summed E-state index contributed by atoms with van der Waals surface area (Å²) in [5, 5.41) is 0. The second-order valence-corrected chi connectivity index (χ2v) is 8.58. The van der Waals surface area contributed by atoms with Crippen molar-refractivity contribution in [1.82, 2.24) is 14.7 Å². The number of carbonyl (C=O) groups excluding carboxylic acids is 1. The molecule has 0 aromatic heterocycles. The highest BCUT2D eigenvalue weighted by atomic mass is 19.4. The fourth-order valence-corrected chi connectivity index (χ4v) is 4.69. The van der Waals surface area contributed by atoms with Gasteiger partial charge in [0, 0.05) is 44.4 Å². The van der Waals surface area contributed by atoms with Crippen molar-refractivity contribution >= 4 is 11.9 Å². The monoisotopic (exact) mass is 476 g/mol. The van der Waals surface area contributed by atoms with E-state index < -0.39 is 23.4 Å². The third kappa shape index (κ3) is 4.29. The van der Waals surface area contributed by atoms with Gasteiger partial charge in [0.2, 0.25) is 5.96 Å². The summed E-state index contributed by atoms with van der Waals surface area (Å²) < 4.78 is 65.9. The van der Waals surface area contributed by atoms with Crippen molar-refractivity contribution < 1.29 is 26.7 Å². The molecule has 0 unspecified atom stereocenters. The van der Waals surface area contributed by atoms with E-state index in [0.29, 0.717) is 61.8 Å². The van der Waals surface area contributed by atoms with Crippen molar-refractivity contribution in [3.05, 3.63) is 82.1 Å². The molecule has 3 aliphatic rings. The first-order valence-corrected chi connectivity index (χ1v) is 10.9. The van der Waals surface area contributed by atoms with Crippen LogP contribution >= 0.6 is 0 Å². The van der Waals surface area contributed by atoms with E-state index in [4.69, 9.17) is 0 Å². The number of nitrogens with zero attached hydrogens (tertiary/aromatic N) is 4. The van der Waals surface area contributed by atoms with E-state index >= 15 is 0 Å². The maximum atomic E-state index is 13.6. The number of alkyl halides is 3. The summed E-state index contributed by atoms with van der Waals surface area (Å²) >= 11 is 0. The van der Waals surface area contributed by atoms with E-state index in [0.717, 1.165) is 23.9 Å². The Balaban J connectivity index is 1.37. The summed E-state index contributed by atoms with van der Waals surface area (Å²) in [6.07, 6.45) is -3.84. The van der Waals surface area contributed by atoms with E-state index in [2.05, 4.69) is 4.99 Å². The Labute approximate surface area is 192 Å². The topological polar surface area (TPSA) is 39.2 Å². The van der Waals surface area contributed by atoms with Crippen molar-refractivity contribution in [3.8, 4) is 0 Å². The number of rotatable bonds is 4. The van der Waals surface area contributed by atoms with Crippen molar-refractivity contribution in [2.75, 3.05) is 26.2 Å². The zero-order chi connectivity index (χ0) is 24.0. The minimum absolute atomic E-state index is 0.0954. The molecule has 10 heteroatoms. The highest BCUT2D eigenvalue weighted by Gasteiger charge is 2.41. The lowest BCUT2D eigenvalue weighted by Gasteiger charge is -2.42. The molecule has 0 atom stereocenters. The fraction of sp³-hybridized carbons (Fsp3) is 0.333. The molecule has 0 aliphatic carbocycles. The van der Waals surface area contributed by atoms with Gasteiger partial charge in [-0.05, 0) is 35.4 Å². The van der Waals surface area contributed by atoms with Gasteiger partial charge in [-0.2, -0.15) is 13.2 Å². The average molecular weight is 476 g/mol. The van der Waals surface area contributed by atoms with Crippen molar-refractivity contribution in [2.24, 2.45) is 4.99 Å². The zero-order valence-corrected chi connectivity index (χ0v) is 18.1. The maximum Gasteiger partial charge on any atom is 0.416 e. The Hall–Kier alpha value is -3.27. The van der Waals surface area contributed by atoms with Crippen LogP contribution in [-0.4, -0.2) is 52.7 Å². The Morgan fingerprint density at radius 1 is 0.912 bits per heavy atom. The third-order valence-corrected chi connectivity index (χ3v) is 6.23. The largest absolute Gasteiger partial charge is 0.416 e. The van der Waals surface area contributed by atoms with Crippen LogP contribution in [0.4, 0.5) is 22.0 Å². The molecular weight excluding hydrogens is 455 g/mol.